The van der Waals surface area contributed by atoms with E-state index in [1.165, 1.54) is 19.1 Å². The van der Waals surface area contributed by atoms with E-state index < -0.39 is 0 Å². The second kappa shape index (κ2) is 3.85. The molecule has 0 spiro atoms. The summed E-state index contributed by atoms with van der Waals surface area (Å²) in [4.78, 5) is 21.3. The maximum atomic E-state index is 10.8. The molecule has 0 radical (unpaired) electrons. The zero-order chi connectivity index (χ0) is 8.97. The van der Waals surface area contributed by atoms with Crippen molar-refractivity contribution in [2.24, 2.45) is 0 Å². The number of ketones is 1. The lowest BCUT2D eigenvalue weighted by molar-refractivity contribution is -0.144. The molecule has 0 aromatic rings. The molecule has 1 unspecified atom stereocenters. The largest absolute Gasteiger partial charge is 0.458 e. The van der Waals surface area contributed by atoms with Gasteiger partial charge in [0.15, 0.2) is 5.78 Å². The molecular weight excluding hydrogens is 156 g/mol. The van der Waals surface area contributed by atoms with Crippen molar-refractivity contribution >= 4 is 11.8 Å². The maximum Gasteiger partial charge on any atom is 0.303 e. The molecule has 0 saturated carbocycles. The van der Waals surface area contributed by atoms with Gasteiger partial charge in [0.2, 0.25) is 0 Å². The number of carbonyl (C=O) groups is 2. The average molecular weight is 166 g/mol. The number of carbonyl (C=O) groups excluding carboxylic acids is 2. The summed E-state index contributed by atoms with van der Waals surface area (Å²) in [7, 11) is 0. The number of ether oxygens (including phenoxy) is 1. The highest BCUT2D eigenvalue weighted by Crippen LogP contribution is 2.06. The van der Waals surface area contributed by atoms with E-state index in [2.05, 4.69) is 0 Å². The molecule has 1 atom stereocenters. The van der Waals surface area contributed by atoms with Gasteiger partial charge in [0.05, 0.1) is 0 Å². The Bertz CT molecular complexity index is 250. The molecule has 1 rings (SSSR count). The summed E-state index contributed by atoms with van der Waals surface area (Å²) >= 11 is 0. The molecule has 1 aliphatic rings. The fourth-order valence-electron chi connectivity index (χ4n) is 0.955. The van der Waals surface area contributed by atoms with Crippen LogP contribution >= 0.6 is 0 Å². The van der Waals surface area contributed by atoms with Crippen LogP contribution in [0.3, 0.4) is 0 Å². The number of hydrogen-bond acceptors (Lipinski definition) is 3. The van der Waals surface area contributed by atoms with Crippen LogP contribution in [0.25, 0.3) is 0 Å². The molecule has 64 valence electrons. The highest BCUT2D eigenvalue weighted by atomic mass is 16.5. The van der Waals surface area contributed by atoms with Crippen LogP contribution in [0.1, 0.15) is 13.3 Å². The Balaban J connectivity index is 2.57. The van der Waals surface area contributed by atoms with Crippen LogP contribution in [0, 0.1) is 0 Å². The standard InChI is InChI=1S/C9H10O3/c1-7(10)12-9-4-2-3-8(11)5-6-9/h2-3,5-6,9H,4H2,1H3. The lowest BCUT2D eigenvalue weighted by atomic mass is 10.2. The minimum atomic E-state index is -0.326. The van der Waals surface area contributed by atoms with Gasteiger partial charge in [-0.05, 0) is 18.2 Å². The summed E-state index contributed by atoms with van der Waals surface area (Å²) in [6.07, 6.45) is 6.48. The third kappa shape index (κ3) is 2.70. The van der Waals surface area contributed by atoms with Crippen molar-refractivity contribution in [2.75, 3.05) is 0 Å². The summed E-state index contributed by atoms with van der Waals surface area (Å²) in [5.41, 5.74) is 0. The van der Waals surface area contributed by atoms with E-state index in [1.54, 1.807) is 12.2 Å². The normalized spacial score (nSPS) is 22.1. The lowest BCUT2D eigenvalue weighted by Gasteiger charge is -2.08. The van der Waals surface area contributed by atoms with Gasteiger partial charge >= 0.3 is 5.97 Å². The van der Waals surface area contributed by atoms with Gasteiger partial charge < -0.3 is 4.74 Å². The summed E-state index contributed by atoms with van der Waals surface area (Å²) in [6.45, 7) is 1.35. The predicted octanol–water partition coefficient (Wildman–Crippen LogP) is 1.00. The fraction of sp³-hybridized carbons (Fsp3) is 0.333. The van der Waals surface area contributed by atoms with Gasteiger partial charge in [-0.15, -0.1) is 0 Å². The fourth-order valence-corrected chi connectivity index (χ4v) is 0.955. The van der Waals surface area contributed by atoms with Crippen LogP contribution < -0.4 is 0 Å². The van der Waals surface area contributed by atoms with Crippen molar-refractivity contribution in [3.8, 4) is 0 Å². The van der Waals surface area contributed by atoms with E-state index >= 15 is 0 Å². The van der Waals surface area contributed by atoms with Crippen molar-refractivity contribution in [2.45, 2.75) is 19.4 Å². The quantitative estimate of drug-likeness (QED) is 0.546. The summed E-state index contributed by atoms with van der Waals surface area (Å²) < 4.78 is 4.89. The highest BCUT2D eigenvalue weighted by Gasteiger charge is 2.08. The number of rotatable bonds is 1. The Hall–Kier alpha value is -1.38. The van der Waals surface area contributed by atoms with Gasteiger partial charge in [-0.2, -0.15) is 0 Å². The SMILES string of the molecule is CC(=O)OC1C=CC(=O)C=CC1. The molecule has 3 nitrogen and oxygen atoms in total. The topological polar surface area (TPSA) is 43.4 Å². The molecule has 0 aromatic heterocycles. The summed E-state index contributed by atoms with van der Waals surface area (Å²) in [6, 6.07) is 0. The van der Waals surface area contributed by atoms with Crippen molar-refractivity contribution in [3.63, 3.8) is 0 Å². The first-order valence-electron chi connectivity index (χ1n) is 3.74. The molecule has 0 heterocycles. The van der Waals surface area contributed by atoms with Gasteiger partial charge in [0, 0.05) is 13.3 Å². The summed E-state index contributed by atoms with van der Waals surface area (Å²) in [5, 5.41) is 0. The van der Waals surface area contributed by atoms with Crippen LogP contribution in [0.2, 0.25) is 0 Å². The molecule has 0 saturated heterocycles. The molecule has 0 fully saturated rings. The second-order valence-corrected chi connectivity index (χ2v) is 2.55. The van der Waals surface area contributed by atoms with Crippen LogP contribution in [0.4, 0.5) is 0 Å². The molecule has 0 aliphatic heterocycles. The Morgan fingerprint density at radius 1 is 1.58 bits per heavy atom. The van der Waals surface area contributed by atoms with Crippen LogP contribution in [0.15, 0.2) is 24.3 Å². The van der Waals surface area contributed by atoms with Gasteiger partial charge in [0.25, 0.3) is 0 Å². The zero-order valence-corrected chi connectivity index (χ0v) is 6.82. The van der Waals surface area contributed by atoms with Crippen LogP contribution in [-0.2, 0) is 14.3 Å². The first-order chi connectivity index (χ1) is 5.68. The Kier molecular flexibility index (Phi) is 2.80. The van der Waals surface area contributed by atoms with Gasteiger partial charge in [-0.1, -0.05) is 6.08 Å². The minimum Gasteiger partial charge on any atom is -0.458 e. The van der Waals surface area contributed by atoms with Crippen molar-refractivity contribution in [3.05, 3.63) is 24.3 Å². The monoisotopic (exact) mass is 166 g/mol. The van der Waals surface area contributed by atoms with E-state index in [9.17, 15) is 9.59 Å². The molecule has 0 bridgehead atoms. The van der Waals surface area contributed by atoms with E-state index in [-0.39, 0.29) is 17.9 Å². The Morgan fingerprint density at radius 3 is 3.00 bits per heavy atom. The van der Waals surface area contributed by atoms with Gasteiger partial charge in [-0.3, -0.25) is 9.59 Å². The molecule has 0 amide bonds. The molecule has 0 N–H and O–H groups in total. The zero-order valence-electron chi connectivity index (χ0n) is 6.82. The second-order valence-electron chi connectivity index (χ2n) is 2.55. The van der Waals surface area contributed by atoms with Crippen LogP contribution in [-0.4, -0.2) is 17.9 Å². The van der Waals surface area contributed by atoms with Crippen LogP contribution in [0.5, 0.6) is 0 Å². The molecule has 1 aliphatic carbocycles. The molecule has 0 aromatic carbocycles. The average Bonchev–Trinajstić information content (AvgIpc) is 2.15. The minimum absolute atomic E-state index is 0.0651. The number of esters is 1. The van der Waals surface area contributed by atoms with E-state index in [1.807, 2.05) is 0 Å². The maximum absolute atomic E-state index is 10.8. The Labute approximate surface area is 70.7 Å². The van der Waals surface area contributed by atoms with E-state index in [0.717, 1.165) is 0 Å². The molecular formula is C9H10O3. The van der Waals surface area contributed by atoms with E-state index in [0.29, 0.717) is 6.42 Å². The Morgan fingerprint density at radius 2 is 2.33 bits per heavy atom. The van der Waals surface area contributed by atoms with Crippen molar-refractivity contribution in [1.82, 2.24) is 0 Å². The number of hydrogen-bond donors (Lipinski definition) is 0. The van der Waals surface area contributed by atoms with Crippen molar-refractivity contribution < 1.29 is 14.3 Å². The first kappa shape index (κ1) is 8.71. The molecule has 3 heteroatoms. The van der Waals surface area contributed by atoms with Crippen molar-refractivity contribution in [1.29, 1.82) is 0 Å². The van der Waals surface area contributed by atoms with Gasteiger partial charge in [0.1, 0.15) is 6.10 Å². The van der Waals surface area contributed by atoms with Gasteiger partial charge in [-0.25, -0.2) is 0 Å². The smallest absolute Gasteiger partial charge is 0.303 e. The number of allylic oxidation sites excluding steroid dienone is 2. The summed E-state index contributed by atoms with van der Waals surface area (Å²) in [5.74, 6) is -0.392. The first-order valence-corrected chi connectivity index (χ1v) is 3.74. The third-order valence-corrected chi connectivity index (χ3v) is 1.44. The third-order valence-electron chi connectivity index (χ3n) is 1.44. The highest BCUT2D eigenvalue weighted by molar-refractivity contribution is 5.99. The predicted molar refractivity (Wildman–Crippen MR) is 43.5 cm³/mol. The van der Waals surface area contributed by atoms with E-state index in [4.69, 9.17) is 4.74 Å². The molecule has 12 heavy (non-hydrogen) atoms. The lowest BCUT2D eigenvalue weighted by Crippen LogP contribution is -2.12.